The lowest BCUT2D eigenvalue weighted by Crippen LogP contribution is -2.31. The van der Waals surface area contributed by atoms with Gasteiger partial charge in [-0.25, -0.2) is 4.79 Å². The number of hydrogen-bond donors (Lipinski definition) is 1. The van der Waals surface area contributed by atoms with Crippen molar-refractivity contribution >= 4 is 29.3 Å². The van der Waals surface area contributed by atoms with E-state index in [0.717, 1.165) is 31.4 Å². The van der Waals surface area contributed by atoms with Crippen LogP contribution in [-0.2, 0) is 9.53 Å². The van der Waals surface area contributed by atoms with Crippen LogP contribution in [0, 0.1) is 0 Å². The van der Waals surface area contributed by atoms with Gasteiger partial charge in [0.2, 0.25) is 0 Å². The molecule has 1 saturated heterocycles. The molecule has 0 bridgehead atoms. The Hall–Kier alpha value is -1.52. The first-order valence-electron chi connectivity index (χ1n) is 6.09. The van der Waals surface area contributed by atoms with Gasteiger partial charge in [-0.2, -0.15) is 0 Å². The Morgan fingerprint density at radius 3 is 2.95 bits per heavy atom. The van der Waals surface area contributed by atoms with E-state index in [9.17, 15) is 4.79 Å². The molecule has 102 valence electrons. The van der Waals surface area contributed by atoms with Gasteiger partial charge in [0, 0.05) is 30.4 Å². The number of halogens is 1. The van der Waals surface area contributed by atoms with Crippen LogP contribution in [0.15, 0.2) is 24.3 Å². The predicted octanol–water partition coefficient (Wildman–Crippen LogP) is 2.66. The molecule has 4 nitrogen and oxygen atoms in total. The average molecular weight is 282 g/mol. The molecular formula is C14H16ClNO3. The molecule has 1 aliphatic rings. The van der Waals surface area contributed by atoms with E-state index < -0.39 is 5.97 Å². The maximum Gasteiger partial charge on any atom is 0.328 e. The highest BCUT2D eigenvalue weighted by Gasteiger charge is 2.20. The molecule has 0 spiro atoms. The van der Waals surface area contributed by atoms with Crippen LogP contribution in [0.1, 0.15) is 12.0 Å². The number of nitrogens with zero attached hydrogens (tertiary/aromatic N) is 1. The summed E-state index contributed by atoms with van der Waals surface area (Å²) in [6.07, 6.45) is 3.58. The number of ether oxygens (including phenoxy) is 1. The van der Waals surface area contributed by atoms with E-state index in [1.54, 1.807) is 0 Å². The zero-order chi connectivity index (χ0) is 13.8. The van der Waals surface area contributed by atoms with Crippen LogP contribution >= 0.6 is 11.6 Å². The van der Waals surface area contributed by atoms with Gasteiger partial charge >= 0.3 is 5.97 Å². The topological polar surface area (TPSA) is 49.8 Å². The van der Waals surface area contributed by atoms with Crippen molar-refractivity contribution in [1.29, 1.82) is 0 Å². The molecule has 2 rings (SSSR count). The number of carboxylic acids is 1. The van der Waals surface area contributed by atoms with Crippen molar-refractivity contribution in [3.63, 3.8) is 0 Å². The summed E-state index contributed by atoms with van der Waals surface area (Å²) in [6.45, 7) is 1.52. The highest BCUT2D eigenvalue weighted by atomic mass is 35.5. The molecule has 1 heterocycles. The Morgan fingerprint density at radius 2 is 2.37 bits per heavy atom. The number of aliphatic carboxylic acids is 1. The molecule has 1 aromatic rings. The number of carbonyl (C=O) groups is 1. The molecule has 1 unspecified atom stereocenters. The Balaban J connectivity index is 2.15. The van der Waals surface area contributed by atoms with Gasteiger partial charge in [-0.15, -0.1) is 0 Å². The van der Waals surface area contributed by atoms with E-state index in [2.05, 4.69) is 4.90 Å². The standard InChI is InChI=1S/C14H16ClNO3/c1-16(12-6-7-19-9-12)11-4-2-10(13(15)8-11)3-5-14(17)18/h2-5,8,12H,6-7,9H2,1H3,(H,17,18)/b5-3+. The molecule has 0 amide bonds. The third-order valence-corrected chi connectivity index (χ3v) is 3.58. The summed E-state index contributed by atoms with van der Waals surface area (Å²) in [5.41, 5.74) is 1.71. The molecule has 0 aromatic heterocycles. The van der Waals surface area contributed by atoms with Crippen LogP contribution in [0.2, 0.25) is 5.02 Å². The Kier molecular flexibility index (Phi) is 4.45. The number of hydrogen-bond acceptors (Lipinski definition) is 3. The third kappa shape index (κ3) is 3.49. The monoisotopic (exact) mass is 281 g/mol. The summed E-state index contributed by atoms with van der Waals surface area (Å²) in [4.78, 5) is 12.6. The fraction of sp³-hybridized carbons (Fsp3) is 0.357. The fourth-order valence-electron chi connectivity index (χ4n) is 2.07. The largest absolute Gasteiger partial charge is 0.478 e. The quantitative estimate of drug-likeness (QED) is 0.862. The summed E-state index contributed by atoms with van der Waals surface area (Å²) in [5, 5.41) is 9.14. The van der Waals surface area contributed by atoms with Crippen molar-refractivity contribution in [3.05, 3.63) is 34.9 Å². The van der Waals surface area contributed by atoms with E-state index in [4.69, 9.17) is 21.4 Å². The maximum atomic E-state index is 10.5. The molecule has 1 atom stereocenters. The molecule has 19 heavy (non-hydrogen) atoms. The lowest BCUT2D eigenvalue weighted by molar-refractivity contribution is -0.131. The van der Waals surface area contributed by atoms with Crippen LogP contribution < -0.4 is 4.90 Å². The summed E-state index contributed by atoms with van der Waals surface area (Å²) >= 11 is 6.16. The van der Waals surface area contributed by atoms with E-state index in [1.807, 2.05) is 25.2 Å². The van der Waals surface area contributed by atoms with E-state index in [0.29, 0.717) is 16.6 Å². The van der Waals surface area contributed by atoms with E-state index in [-0.39, 0.29) is 0 Å². The van der Waals surface area contributed by atoms with Crippen LogP contribution in [0.4, 0.5) is 5.69 Å². The number of carboxylic acid groups (broad SMARTS) is 1. The molecular weight excluding hydrogens is 266 g/mol. The smallest absolute Gasteiger partial charge is 0.328 e. The molecule has 1 aromatic carbocycles. The lowest BCUT2D eigenvalue weighted by atomic mass is 10.1. The SMILES string of the molecule is CN(c1ccc(/C=C/C(=O)O)c(Cl)c1)C1CCOC1. The normalized spacial score (nSPS) is 18.9. The maximum absolute atomic E-state index is 10.5. The highest BCUT2D eigenvalue weighted by molar-refractivity contribution is 6.32. The molecule has 1 fully saturated rings. The third-order valence-electron chi connectivity index (χ3n) is 3.25. The van der Waals surface area contributed by atoms with E-state index in [1.165, 1.54) is 6.08 Å². The molecule has 5 heteroatoms. The molecule has 1 aliphatic heterocycles. The van der Waals surface area contributed by atoms with Crippen LogP contribution in [-0.4, -0.2) is 37.4 Å². The van der Waals surface area contributed by atoms with Gasteiger partial charge in [0.25, 0.3) is 0 Å². The lowest BCUT2D eigenvalue weighted by Gasteiger charge is -2.25. The minimum Gasteiger partial charge on any atom is -0.478 e. The average Bonchev–Trinajstić information content (AvgIpc) is 2.90. The first kappa shape index (κ1) is 13.9. The number of likely N-dealkylation sites (N-methyl/N-ethyl adjacent to an activating group) is 1. The first-order valence-corrected chi connectivity index (χ1v) is 6.47. The van der Waals surface area contributed by atoms with Gasteiger partial charge in [0.15, 0.2) is 0 Å². The summed E-state index contributed by atoms with van der Waals surface area (Å²) in [7, 11) is 2.01. The molecule has 0 saturated carbocycles. The van der Waals surface area contributed by atoms with Crippen molar-refractivity contribution in [2.45, 2.75) is 12.5 Å². The van der Waals surface area contributed by atoms with Crippen LogP contribution in [0.25, 0.3) is 6.08 Å². The van der Waals surface area contributed by atoms with Crippen LogP contribution in [0.5, 0.6) is 0 Å². The first-order chi connectivity index (χ1) is 9.08. The summed E-state index contributed by atoms with van der Waals surface area (Å²) < 4.78 is 5.37. The van der Waals surface area contributed by atoms with Crippen molar-refractivity contribution in [2.75, 3.05) is 25.2 Å². The second-order valence-corrected chi connectivity index (χ2v) is 4.91. The minimum absolute atomic E-state index is 0.372. The summed E-state index contributed by atoms with van der Waals surface area (Å²) in [5.74, 6) is -0.986. The second kappa shape index (κ2) is 6.08. The van der Waals surface area contributed by atoms with Crippen molar-refractivity contribution in [2.24, 2.45) is 0 Å². The van der Waals surface area contributed by atoms with Crippen LogP contribution in [0.3, 0.4) is 0 Å². The van der Waals surface area contributed by atoms with E-state index >= 15 is 0 Å². The van der Waals surface area contributed by atoms with Gasteiger partial charge in [-0.3, -0.25) is 0 Å². The fourth-order valence-corrected chi connectivity index (χ4v) is 2.31. The van der Waals surface area contributed by atoms with Crippen molar-refractivity contribution in [1.82, 2.24) is 0 Å². The van der Waals surface area contributed by atoms with Gasteiger partial charge in [-0.1, -0.05) is 17.7 Å². The number of anilines is 1. The Labute approximate surface area is 117 Å². The number of rotatable bonds is 4. The minimum atomic E-state index is -0.986. The zero-order valence-corrected chi connectivity index (χ0v) is 11.4. The molecule has 1 N–H and O–H groups in total. The second-order valence-electron chi connectivity index (χ2n) is 4.51. The number of benzene rings is 1. The molecule has 0 radical (unpaired) electrons. The molecule has 0 aliphatic carbocycles. The highest BCUT2D eigenvalue weighted by Crippen LogP contribution is 2.26. The van der Waals surface area contributed by atoms with Gasteiger partial charge < -0.3 is 14.7 Å². The van der Waals surface area contributed by atoms with Crippen molar-refractivity contribution < 1.29 is 14.6 Å². The van der Waals surface area contributed by atoms with Crippen molar-refractivity contribution in [3.8, 4) is 0 Å². The summed E-state index contributed by atoms with van der Waals surface area (Å²) in [6, 6.07) is 5.98. The Bertz CT molecular complexity index is 495. The van der Waals surface area contributed by atoms with Gasteiger partial charge in [0.1, 0.15) is 0 Å². The van der Waals surface area contributed by atoms with Gasteiger partial charge in [-0.05, 0) is 30.2 Å². The van der Waals surface area contributed by atoms with Gasteiger partial charge in [0.05, 0.1) is 12.6 Å². The zero-order valence-electron chi connectivity index (χ0n) is 10.7. The predicted molar refractivity (Wildman–Crippen MR) is 75.7 cm³/mol. The Morgan fingerprint density at radius 1 is 1.58 bits per heavy atom.